The molecule has 0 saturated carbocycles. The molecule has 10 heteroatoms. The Kier molecular flexibility index (Phi) is 4.95. The van der Waals surface area contributed by atoms with Crippen molar-refractivity contribution in [1.82, 2.24) is 25.6 Å². The van der Waals surface area contributed by atoms with Crippen LogP contribution in [0, 0.1) is 6.92 Å². The summed E-state index contributed by atoms with van der Waals surface area (Å²) in [6.45, 7) is 1.74. The van der Waals surface area contributed by atoms with E-state index in [4.69, 9.17) is 0 Å². The third-order valence-electron chi connectivity index (χ3n) is 4.20. The number of aryl methyl sites for hydroxylation is 2. The zero-order valence-electron chi connectivity index (χ0n) is 15.4. The molecule has 146 valence electrons. The van der Waals surface area contributed by atoms with Gasteiger partial charge >= 0.3 is 0 Å². The number of carbonyl (C=O) groups excluding carboxylic acids is 2. The lowest BCUT2D eigenvalue weighted by atomic mass is 10.1. The second-order valence-electron chi connectivity index (χ2n) is 6.14. The first-order valence-corrected chi connectivity index (χ1v) is 10.2. The highest BCUT2D eigenvalue weighted by Gasteiger charge is 2.19. The lowest BCUT2D eigenvalue weighted by molar-refractivity contribution is 0.0845. The van der Waals surface area contributed by atoms with Crippen LogP contribution in [0.3, 0.4) is 0 Å². The highest BCUT2D eigenvalue weighted by Crippen LogP contribution is 2.30. The number of aromatic nitrogens is 3. The van der Waals surface area contributed by atoms with E-state index in [2.05, 4.69) is 20.9 Å². The average Bonchev–Trinajstić information content (AvgIpc) is 3.38. The van der Waals surface area contributed by atoms with Crippen molar-refractivity contribution < 1.29 is 9.59 Å². The molecule has 0 aliphatic heterocycles. The van der Waals surface area contributed by atoms with E-state index in [0.717, 1.165) is 14.6 Å². The normalized spacial score (nSPS) is 10.8. The molecule has 0 atom stereocenters. The summed E-state index contributed by atoms with van der Waals surface area (Å²) in [4.78, 5) is 43.2. The number of thiophene rings is 1. The van der Waals surface area contributed by atoms with E-state index in [-0.39, 0.29) is 11.3 Å². The molecule has 8 nitrogen and oxygen atoms in total. The van der Waals surface area contributed by atoms with Gasteiger partial charge in [-0.05, 0) is 24.4 Å². The van der Waals surface area contributed by atoms with Crippen molar-refractivity contribution in [2.24, 2.45) is 7.05 Å². The van der Waals surface area contributed by atoms with Gasteiger partial charge in [0.1, 0.15) is 9.88 Å². The number of carbonyl (C=O) groups is 2. The number of benzene rings is 1. The standard InChI is InChI=1S/C19H15N5O3S2/c1-10-15(29-18(20-10)13-8-5-9-28-13)17(26)22-21-16(25)14-11-6-3-4-7-12(11)19(27)24(2)23-14/h3-9H,1-2H3,(H,21,25)(H,22,26). The monoisotopic (exact) mass is 425 g/mol. The minimum Gasteiger partial charge on any atom is -0.267 e. The number of rotatable bonds is 3. The van der Waals surface area contributed by atoms with Crippen LogP contribution in [-0.2, 0) is 7.05 Å². The summed E-state index contributed by atoms with van der Waals surface area (Å²) >= 11 is 2.79. The zero-order chi connectivity index (χ0) is 20.5. The Morgan fingerprint density at radius 3 is 2.48 bits per heavy atom. The predicted octanol–water partition coefficient (Wildman–Crippen LogP) is 2.50. The fourth-order valence-corrected chi connectivity index (χ4v) is 4.57. The second-order valence-corrected chi connectivity index (χ2v) is 8.09. The SMILES string of the molecule is Cc1nc(-c2cccs2)sc1C(=O)NNC(=O)c1nn(C)c(=O)c2ccccc12. The van der Waals surface area contributed by atoms with Crippen molar-refractivity contribution in [2.45, 2.75) is 6.92 Å². The fourth-order valence-electron chi connectivity index (χ4n) is 2.81. The molecule has 0 unspecified atom stereocenters. The van der Waals surface area contributed by atoms with Crippen LogP contribution in [0.15, 0.2) is 46.6 Å². The van der Waals surface area contributed by atoms with Gasteiger partial charge in [0.05, 0.1) is 16.0 Å². The molecule has 0 fully saturated rings. The van der Waals surface area contributed by atoms with Gasteiger partial charge in [-0.25, -0.2) is 9.67 Å². The summed E-state index contributed by atoms with van der Waals surface area (Å²) in [7, 11) is 1.47. The van der Waals surface area contributed by atoms with E-state index in [9.17, 15) is 14.4 Å². The molecule has 4 rings (SSSR count). The number of nitrogens with one attached hydrogen (secondary N) is 2. The number of amides is 2. The summed E-state index contributed by atoms with van der Waals surface area (Å²) in [5.41, 5.74) is 5.10. The Morgan fingerprint density at radius 2 is 1.76 bits per heavy atom. The van der Waals surface area contributed by atoms with Crippen LogP contribution in [0.4, 0.5) is 0 Å². The Bertz CT molecular complexity index is 1290. The molecule has 0 aliphatic rings. The highest BCUT2D eigenvalue weighted by atomic mass is 32.1. The molecule has 3 aromatic heterocycles. The second kappa shape index (κ2) is 7.57. The van der Waals surface area contributed by atoms with Crippen LogP contribution in [-0.4, -0.2) is 26.6 Å². The van der Waals surface area contributed by atoms with E-state index in [1.54, 1.807) is 31.2 Å². The van der Waals surface area contributed by atoms with E-state index in [1.807, 2.05) is 17.5 Å². The first kappa shape index (κ1) is 19.0. The number of hydrogen-bond acceptors (Lipinski definition) is 7. The summed E-state index contributed by atoms with van der Waals surface area (Å²) in [5, 5.41) is 7.52. The fraction of sp³-hybridized carbons (Fsp3) is 0.105. The summed E-state index contributed by atoms with van der Waals surface area (Å²) in [5.74, 6) is -1.09. The van der Waals surface area contributed by atoms with Crippen molar-refractivity contribution in [3.05, 3.63) is 68.4 Å². The third-order valence-corrected chi connectivity index (χ3v) is 6.39. The minimum absolute atomic E-state index is 0.0447. The summed E-state index contributed by atoms with van der Waals surface area (Å²) in [6, 6.07) is 10.5. The van der Waals surface area contributed by atoms with Gasteiger partial charge in [0.2, 0.25) is 0 Å². The molecular weight excluding hydrogens is 410 g/mol. The lowest BCUT2D eigenvalue weighted by Gasteiger charge is -2.09. The van der Waals surface area contributed by atoms with Crippen LogP contribution in [0.2, 0.25) is 0 Å². The Hall–Kier alpha value is -3.37. The molecule has 4 aromatic rings. The maximum Gasteiger partial charge on any atom is 0.290 e. The van der Waals surface area contributed by atoms with Crippen LogP contribution >= 0.6 is 22.7 Å². The maximum absolute atomic E-state index is 12.6. The molecule has 0 spiro atoms. The van der Waals surface area contributed by atoms with Gasteiger partial charge in [0, 0.05) is 12.4 Å². The number of fused-ring (bicyclic) bond motifs is 1. The van der Waals surface area contributed by atoms with E-state index in [1.165, 1.54) is 29.7 Å². The van der Waals surface area contributed by atoms with Crippen LogP contribution in [0.5, 0.6) is 0 Å². The number of hydrazine groups is 1. The number of thiazole rings is 1. The predicted molar refractivity (Wildman–Crippen MR) is 112 cm³/mol. The molecule has 0 saturated heterocycles. The van der Waals surface area contributed by atoms with E-state index < -0.39 is 11.8 Å². The Morgan fingerprint density at radius 1 is 1.03 bits per heavy atom. The van der Waals surface area contributed by atoms with Crippen LogP contribution in [0.25, 0.3) is 20.7 Å². The molecular formula is C19H15N5O3S2. The van der Waals surface area contributed by atoms with Crippen molar-refractivity contribution in [2.75, 3.05) is 0 Å². The molecule has 0 bridgehead atoms. The van der Waals surface area contributed by atoms with Gasteiger partial charge in [-0.15, -0.1) is 22.7 Å². The van der Waals surface area contributed by atoms with Crippen molar-refractivity contribution in [1.29, 1.82) is 0 Å². The molecule has 0 aliphatic carbocycles. The van der Waals surface area contributed by atoms with Crippen molar-refractivity contribution in [3.63, 3.8) is 0 Å². The Labute approximate surface area is 172 Å². The largest absolute Gasteiger partial charge is 0.290 e. The molecule has 0 radical (unpaired) electrons. The van der Waals surface area contributed by atoms with Crippen LogP contribution in [0.1, 0.15) is 25.9 Å². The number of hydrogen-bond donors (Lipinski definition) is 2. The Balaban J connectivity index is 1.55. The lowest BCUT2D eigenvalue weighted by Crippen LogP contribution is -2.42. The molecule has 3 heterocycles. The third kappa shape index (κ3) is 3.55. The van der Waals surface area contributed by atoms with Crippen molar-refractivity contribution in [3.8, 4) is 9.88 Å². The smallest absolute Gasteiger partial charge is 0.267 e. The van der Waals surface area contributed by atoms with Gasteiger partial charge < -0.3 is 0 Å². The first-order chi connectivity index (χ1) is 14.0. The van der Waals surface area contributed by atoms with Gasteiger partial charge in [-0.3, -0.25) is 25.2 Å². The average molecular weight is 425 g/mol. The molecule has 29 heavy (non-hydrogen) atoms. The van der Waals surface area contributed by atoms with Gasteiger partial charge in [0.25, 0.3) is 17.4 Å². The van der Waals surface area contributed by atoms with E-state index >= 15 is 0 Å². The maximum atomic E-state index is 12.6. The van der Waals surface area contributed by atoms with Gasteiger partial charge in [0.15, 0.2) is 5.69 Å². The highest BCUT2D eigenvalue weighted by molar-refractivity contribution is 7.22. The van der Waals surface area contributed by atoms with Gasteiger partial charge in [-0.1, -0.05) is 24.3 Å². The quantitative estimate of drug-likeness (QED) is 0.491. The summed E-state index contributed by atoms with van der Waals surface area (Å²) in [6.07, 6.45) is 0. The summed E-state index contributed by atoms with van der Waals surface area (Å²) < 4.78 is 1.10. The molecule has 2 amide bonds. The zero-order valence-corrected chi connectivity index (χ0v) is 17.1. The number of nitrogens with zero attached hydrogens (tertiary/aromatic N) is 3. The van der Waals surface area contributed by atoms with Crippen molar-refractivity contribution >= 4 is 45.3 Å². The van der Waals surface area contributed by atoms with Gasteiger partial charge in [-0.2, -0.15) is 5.10 Å². The van der Waals surface area contributed by atoms with Crippen LogP contribution < -0.4 is 16.4 Å². The minimum atomic E-state index is -0.620. The molecule has 1 aromatic carbocycles. The molecule has 2 N–H and O–H groups in total. The first-order valence-electron chi connectivity index (χ1n) is 8.53. The topological polar surface area (TPSA) is 106 Å². The van der Waals surface area contributed by atoms with E-state index in [0.29, 0.717) is 21.3 Å².